The molecule has 5 nitrogen and oxygen atoms in total. The summed E-state index contributed by atoms with van der Waals surface area (Å²) < 4.78 is 39.3. The van der Waals surface area contributed by atoms with E-state index in [0.717, 1.165) is 11.0 Å². The summed E-state index contributed by atoms with van der Waals surface area (Å²) in [6.45, 7) is 0. The first-order valence-electron chi connectivity index (χ1n) is 7.24. The van der Waals surface area contributed by atoms with E-state index in [1.165, 1.54) is 31.3 Å². The van der Waals surface area contributed by atoms with Gasteiger partial charge >= 0.3 is 6.18 Å². The molecule has 0 aromatic heterocycles. The number of imide groups is 1. The van der Waals surface area contributed by atoms with Gasteiger partial charge in [-0.3, -0.25) is 19.3 Å². The highest BCUT2D eigenvalue weighted by Gasteiger charge is 2.35. The summed E-state index contributed by atoms with van der Waals surface area (Å²) in [5.74, 6) is -1.94. The number of nitrogens with zero attached hydrogens (tertiary/aromatic N) is 1. The molecular weight excluding hydrogens is 373 g/mol. The van der Waals surface area contributed by atoms with Crippen molar-refractivity contribution in [2.45, 2.75) is 6.18 Å². The summed E-state index contributed by atoms with van der Waals surface area (Å²) >= 11 is 5.60. The number of hydrogen-bond acceptors (Lipinski definition) is 3. The zero-order chi connectivity index (χ0) is 19.2. The molecule has 1 heterocycles. The van der Waals surface area contributed by atoms with Crippen LogP contribution < -0.4 is 5.32 Å². The molecule has 0 saturated carbocycles. The molecule has 3 rings (SSSR count). The normalized spacial score (nSPS) is 13.8. The molecule has 0 aliphatic carbocycles. The maximum atomic E-state index is 13.1. The molecule has 0 saturated heterocycles. The van der Waals surface area contributed by atoms with Gasteiger partial charge in [0.25, 0.3) is 17.7 Å². The summed E-state index contributed by atoms with van der Waals surface area (Å²) in [4.78, 5) is 37.0. The third-order valence-corrected chi connectivity index (χ3v) is 4.12. The average Bonchev–Trinajstić information content (AvgIpc) is 2.79. The molecule has 0 spiro atoms. The smallest absolute Gasteiger partial charge is 0.321 e. The summed E-state index contributed by atoms with van der Waals surface area (Å²) in [5, 5.41) is 2.04. The third kappa shape index (κ3) is 3.03. The van der Waals surface area contributed by atoms with E-state index in [0.29, 0.717) is 6.07 Å². The van der Waals surface area contributed by atoms with Gasteiger partial charge in [-0.2, -0.15) is 13.2 Å². The highest BCUT2D eigenvalue weighted by Crippen LogP contribution is 2.36. The quantitative estimate of drug-likeness (QED) is 0.803. The molecule has 0 fully saturated rings. The Morgan fingerprint density at radius 2 is 1.69 bits per heavy atom. The fourth-order valence-electron chi connectivity index (χ4n) is 2.56. The van der Waals surface area contributed by atoms with Crippen molar-refractivity contribution in [1.82, 2.24) is 4.90 Å². The number of benzene rings is 2. The van der Waals surface area contributed by atoms with Crippen LogP contribution in [0.25, 0.3) is 0 Å². The van der Waals surface area contributed by atoms with Gasteiger partial charge in [0.15, 0.2) is 0 Å². The SMILES string of the molecule is CN1C(=O)c2ccc(C(=O)Nc3ccc(Cl)cc3C(F)(F)F)cc2C1=O. The molecule has 0 bridgehead atoms. The van der Waals surface area contributed by atoms with Crippen LogP contribution in [0.15, 0.2) is 36.4 Å². The summed E-state index contributed by atoms with van der Waals surface area (Å²) in [6, 6.07) is 6.70. The van der Waals surface area contributed by atoms with Gasteiger partial charge in [0.2, 0.25) is 0 Å². The lowest BCUT2D eigenvalue weighted by Crippen LogP contribution is -2.24. The Morgan fingerprint density at radius 1 is 1.04 bits per heavy atom. The van der Waals surface area contributed by atoms with E-state index < -0.39 is 35.1 Å². The van der Waals surface area contributed by atoms with E-state index in [2.05, 4.69) is 5.32 Å². The predicted octanol–water partition coefficient (Wildman–Crippen LogP) is 3.84. The van der Waals surface area contributed by atoms with Gasteiger partial charge < -0.3 is 5.32 Å². The maximum Gasteiger partial charge on any atom is 0.418 e. The Bertz CT molecular complexity index is 957. The molecule has 0 radical (unpaired) electrons. The lowest BCUT2D eigenvalue weighted by Gasteiger charge is -2.14. The number of rotatable bonds is 2. The largest absolute Gasteiger partial charge is 0.418 e. The average molecular weight is 383 g/mol. The zero-order valence-corrected chi connectivity index (χ0v) is 13.9. The van der Waals surface area contributed by atoms with Crippen LogP contribution in [0.2, 0.25) is 5.02 Å². The number of amides is 3. The van der Waals surface area contributed by atoms with E-state index in [1.807, 2.05) is 0 Å². The van der Waals surface area contributed by atoms with Gasteiger partial charge in [-0.25, -0.2) is 0 Å². The molecule has 134 valence electrons. The topological polar surface area (TPSA) is 66.5 Å². The lowest BCUT2D eigenvalue weighted by molar-refractivity contribution is -0.136. The number of hydrogen-bond donors (Lipinski definition) is 1. The van der Waals surface area contributed by atoms with Crippen LogP contribution >= 0.6 is 11.6 Å². The molecule has 0 atom stereocenters. The molecular formula is C17H10ClF3N2O3. The van der Waals surface area contributed by atoms with Gasteiger partial charge in [0.1, 0.15) is 0 Å². The summed E-state index contributed by atoms with van der Waals surface area (Å²) in [5.41, 5.74) is -1.45. The lowest BCUT2D eigenvalue weighted by atomic mass is 10.0. The first kappa shape index (κ1) is 17.9. The van der Waals surface area contributed by atoms with Crippen LogP contribution in [-0.4, -0.2) is 29.7 Å². The molecule has 3 amide bonds. The minimum Gasteiger partial charge on any atom is -0.321 e. The summed E-state index contributed by atoms with van der Waals surface area (Å²) in [7, 11) is 1.30. The van der Waals surface area contributed by atoms with Crippen LogP contribution in [-0.2, 0) is 6.18 Å². The number of alkyl halides is 3. The first-order valence-corrected chi connectivity index (χ1v) is 7.62. The van der Waals surface area contributed by atoms with E-state index in [9.17, 15) is 27.6 Å². The van der Waals surface area contributed by atoms with Gasteiger partial charge in [0, 0.05) is 17.6 Å². The van der Waals surface area contributed by atoms with Crippen LogP contribution in [0.3, 0.4) is 0 Å². The minimum absolute atomic E-state index is 0.0253. The Balaban J connectivity index is 1.94. The van der Waals surface area contributed by atoms with Crippen LogP contribution in [0.1, 0.15) is 36.6 Å². The first-order chi connectivity index (χ1) is 12.1. The molecule has 0 unspecified atom stereocenters. The Morgan fingerprint density at radius 3 is 2.35 bits per heavy atom. The van der Waals surface area contributed by atoms with Crippen LogP contribution in [0.4, 0.5) is 18.9 Å². The molecule has 1 N–H and O–H groups in total. The number of halogens is 4. The predicted molar refractivity (Wildman–Crippen MR) is 87.3 cm³/mol. The van der Waals surface area contributed by atoms with Crippen LogP contribution in [0, 0.1) is 0 Å². The molecule has 26 heavy (non-hydrogen) atoms. The Kier molecular flexibility index (Phi) is 4.23. The molecule has 2 aromatic carbocycles. The number of carbonyl (C=O) groups excluding carboxylic acids is 3. The van der Waals surface area contributed by atoms with Crippen molar-refractivity contribution < 1.29 is 27.6 Å². The standard InChI is InChI=1S/C17H10ClF3N2O3/c1-23-15(25)10-4-2-8(6-11(10)16(23)26)14(24)22-13-5-3-9(18)7-12(13)17(19,20)21/h2-7H,1H3,(H,22,24). The highest BCUT2D eigenvalue weighted by atomic mass is 35.5. The second kappa shape index (κ2) is 6.14. The van der Waals surface area contributed by atoms with Crippen LogP contribution in [0.5, 0.6) is 0 Å². The molecule has 1 aliphatic rings. The second-order valence-electron chi connectivity index (χ2n) is 5.57. The Labute approximate surface area is 150 Å². The van der Waals surface area contributed by atoms with Crippen molar-refractivity contribution in [3.05, 3.63) is 63.7 Å². The number of anilines is 1. The number of fused-ring (bicyclic) bond motifs is 1. The van der Waals surface area contributed by atoms with Crippen molar-refractivity contribution >= 4 is 35.0 Å². The monoisotopic (exact) mass is 382 g/mol. The van der Waals surface area contributed by atoms with Crippen molar-refractivity contribution in [2.24, 2.45) is 0 Å². The van der Waals surface area contributed by atoms with E-state index in [4.69, 9.17) is 11.6 Å². The summed E-state index contributed by atoms with van der Waals surface area (Å²) in [6.07, 6.45) is -4.71. The second-order valence-corrected chi connectivity index (χ2v) is 6.01. The maximum absolute atomic E-state index is 13.1. The Hall–Kier alpha value is -2.87. The number of nitrogens with one attached hydrogen (secondary N) is 1. The van der Waals surface area contributed by atoms with Crippen molar-refractivity contribution in [3.8, 4) is 0 Å². The van der Waals surface area contributed by atoms with E-state index >= 15 is 0 Å². The highest BCUT2D eigenvalue weighted by molar-refractivity contribution is 6.30. The zero-order valence-electron chi connectivity index (χ0n) is 13.1. The minimum atomic E-state index is -4.71. The number of carbonyl (C=O) groups is 3. The van der Waals surface area contributed by atoms with Crippen molar-refractivity contribution in [1.29, 1.82) is 0 Å². The van der Waals surface area contributed by atoms with Gasteiger partial charge in [-0.15, -0.1) is 0 Å². The van der Waals surface area contributed by atoms with Gasteiger partial charge in [-0.05, 0) is 36.4 Å². The fourth-order valence-corrected chi connectivity index (χ4v) is 2.73. The van der Waals surface area contributed by atoms with Crippen molar-refractivity contribution in [3.63, 3.8) is 0 Å². The fraction of sp³-hybridized carbons (Fsp3) is 0.118. The van der Waals surface area contributed by atoms with Gasteiger partial charge in [0.05, 0.1) is 22.4 Å². The molecule has 2 aromatic rings. The van der Waals surface area contributed by atoms with Crippen molar-refractivity contribution in [2.75, 3.05) is 12.4 Å². The molecule has 9 heteroatoms. The third-order valence-electron chi connectivity index (χ3n) is 3.89. The molecule has 1 aliphatic heterocycles. The van der Waals surface area contributed by atoms with E-state index in [-0.39, 0.29) is 21.7 Å². The van der Waals surface area contributed by atoms with E-state index in [1.54, 1.807) is 0 Å². The van der Waals surface area contributed by atoms with Gasteiger partial charge in [-0.1, -0.05) is 11.6 Å².